The zero-order valence-corrected chi connectivity index (χ0v) is 10.1. The molecule has 1 aromatic heterocycles. The minimum absolute atomic E-state index is 0.0658. The van der Waals surface area contributed by atoms with Crippen molar-refractivity contribution < 1.29 is 9.59 Å². The molecule has 2 rings (SSSR count). The fourth-order valence-electron chi connectivity index (χ4n) is 1.97. The average Bonchev–Trinajstić information content (AvgIpc) is 2.34. The molecule has 0 bridgehead atoms. The first kappa shape index (κ1) is 12.3. The first-order valence-electron chi connectivity index (χ1n) is 5.80. The van der Waals surface area contributed by atoms with E-state index in [1.165, 1.54) is 12.1 Å². The zero-order valence-electron chi connectivity index (χ0n) is 10.1. The fraction of sp³-hybridized carbons (Fsp3) is 0.417. The smallest absolute Gasteiger partial charge is 0.268 e. The van der Waals surface area contributed by atoms with Gasteiger partial charge in [0.2, 0.25) is 11.5 Å². The lowest BCUT2D eigenvalue weighted by molar-refractivity contribution is -0.132. The van der Waals surface area contributed by atoms with Crippen LogP contribution in [0.4, 0.5) is 0 Å². The number of hydrogen-bond acceptors (Lipinski definition) is 3. The maximum Gasteiger partial charge on any atom is 0.268 e. The number of nitrogens with one attached hydrogen (secondary N) is 2. The Hall–Kier alpha value is -2.11. The lowest BCUT2D eigenvalue weighted by Crippen LogP contribution is -2.48. The number of H-pyrrole nitrogens is 1. The third kappa shape index (κ3) is 2.77. The van der Waals surface area contributed by atoms with Crippen LogP contribution >= 0.6 is 0 Å². The van der Waals surface area contributed by atoms with Crippen molar-refractivity contribution in [2.75, 3.05) is 13.6 Å². The van der Waals surface area contributed by atoms with E-state index in [-0.39, 0.29) is 29.1 Å². The summed E-state index contributed by atoms with van der Waals surface area (Å²) in [5.74, 6) is -0.228. The number of piperidine rings is 1. The summed E-state index contributed by atoms with van der Waals surface area (Å²) in [5, 5.41) is 2.81. The number of rotatable bonds is 2. The Labute approximate surface area is 104 Å². The molecule has 96 valence electrons. The summed E-state index contributed by atoms with van der Waals surface area (Å²) in [6.07, 6.45) is 1.07. The second kappa shape index (κ2) is 5.03. The normalized spacial score (nSPS) is 19.7. The summed E-state index contributed by atoms with van der Waals surface area (Å²) in [5.41, 5.74) is -0.0688. The van der Waals surface area contributed by atoms with E-state index in [1.54, 1.807) is 18.0 Å². The number of aromatic nitrogens is 1. The molecule has 0 saturated carbocycles. The van der Waals surface area contributed by atoms with Gasteiger partial charge < -0.3 is 15.2 Å². The van der Waals surface area contributed by atoms with Crippen LogP contribution in [-0.2, 0) is 4.79 Å². The van der Waals surface area contributed by atoms with Gasteiger partial charge >= 0.3 is 0 Å². The number of likely N-dealkylation sites (N-methyl/N-ethyl adjacent to an activating group) is 1. The molecular weight excluding hydrogens is 234 g/mol. The van der Waals surface area contributed by atoms with Crippen molar-refractivity contribution in [3.8, 4) is 0 Å². The van der Waals surface area contributed by atoms with Gasteiger partial charge in [-0.05, 0) is 12.5 Å². The van der Waals surface area contributed by atoms with E-state index in [2.05, 4.69) is 10.3 Å². The van der Waals surface area contributed by atoms with Crippen LogP contribution in [0.1, 0.15) is 23.3 Å². The molecule has 1 aliphatic heterocycles. The highest BCUT2D eigenvalue weighted by atomic mass is 16.2. The van der Waals surface area contributed by atoms with Crippen LogP contribution in [0.5, 0.6) is 0 Å². The van der Waals surface area contributed by atoms with Gasteiger partial charge in [-0.2, -0.15) is 0 Å². The fourth-order valence-corrected chi connectivity index (χ4v) is 1.97. The lowest BCUT2D eigenvalue weighted by Gasteiger charge is -2.30. The van der Waals surface area contributed by atoms with Gasteiger partial charge in [-0.15, -0.1) is 0 Å². The predicted molar refractivity (Wildman–Crippen MR) is 65.2 cm³/mol. The molecule has 2 heterocycles. The Bertz CT molecular complexity index is 523. The summed E-state index contributed by atoms with van der Waals surface area (Å²) < 4.78 is 0. The van der Waals surface area contributed by atoms with Crippen molar-refractivity contribution in [2.45, 2.75) is 18.9 Å². The number of pyridine rings is 1. The van der Waals surface area contributed by atoms with E-state index < -0.39 is 0 Å². The summed E-state index contributed by atoms with van der Waals surface area (Å²) in [4.78, 5) is 38.3. The SMILES string of the molecule is CN1CC(NC(=O)c2cccc(=O)[nH]2)CCC1=O. The van der Waals surface area contributed by atoms with Gasteiger partial charge in [-0.3, -0.25) is 14.4 Å². The number of aromatic amines is 1. The summed E-state index contributed by atoms with van der Waals surface area (Å²) >= 11 is 0. The van der Waals surface area contributed by atoms with Crippen molar-refractivity contribution >= 4 is 11.8 Å². The Balaban J connectivity index is 2.00. The Kier molecular flexibility index (Phi) is 3.45. The van der Waals surface area contributed by atoms with Gasteiger partial charge in [0.15, 0.2) is 0 Å². The second-order valence-electron chi connectivity index (χ2n) is 4.41. The molecule has 6 nitrogen and oxygen atoms in total. The maximum absolute atomic E-state index is 11.9. The van der Waals surface area contributed by atoms with Gasteiger partial charge in [-0.1, -0.05) is 6.07 Å². The number of hydrogen-bond donors (Lipinski definition) is 2. The van der Waals surface area contributed by atoms with Crippen LogP contribution < -0.4 is 10.9 Å². The Morgan fingerprint density at radius 2 is 2.22 bits per heavy atom. The van der Waals surface area contributed by atoms with Gasteiger partial charge in [0.25, 0.3) is 5.91 Å². The third-order valence-corrected chi connectivity index (χ3v) is 2.97. The van der Waals surface area contributed by atoms with Crippen molar-refractivity contribution in [2.24, 2.45) is 0 Å². The number of carbonyl (C=O) groups is 2. The molecule has 6 heteroatoms. The molecular formula is C12H15N3O3. The molecule has 18 heavy (non-hydrogen) atoms. The van der Waals surface area contributed by atoms with E-state index >= 15 is 0 Å². The Morgan fingerprint density at radius 3 is 2.89 bits per heavy atom. The zero-order chi connectivity index (χ0) is 13.1. The molecule has 1 fully saturated rings. The molecule has 1 saturated heterocycles. The maximum atomic E-state index is 11.9. The van der Waals surface area contributed by atoms with Gasteiger partial charge in [0, 0.05) is 32.1 Å². The third-order valence-electron chi connectivity index (χ3n) is 2.97. The van der Waals surface area contributed by atoms with E-state index in [9.17, 15) is 14.4 Å². The highest BCUT2D eigenvalue weighted by Crippen LogP contribution is 2.09. The van der Waals surface area contributed by atoms with Crippen molar-refractivity contribution in [3.63, 3.8) is 0 Å². The highest BCUT2D eigenvalue weighted by molar-refractivity contribution is 5.92. The summed E-state index contributed by atoms with van der Waals surface area (Å²) in [6.45, 7) is 0.502. The molecule has 1 unspecified atom stereocenters. The van der Waals surface area contributed by atoms with Gasteiger partial charge in [0.05, 0.1) is 0 Å². The number of likely N-dealkylation sites (tertiary alicyclic amines) is 1. The van der Waals surface area contributed by atoms with Crippen molar-refractivity contribution in [1.29, 1.82) is 0 Å². The number of amides is 2. The standard InChI is InChI=1S/C12H15N3O3/c1-15-7-8(5-6-11(15)17)13-12(18)9-3-2-4-10(16)14-9/h2-4,8H,5-7H2,1H3,(H,13,18)(H,14,16). The van der Waals surface area contributed by atoms with Crippen LogP contribution in [0.2, 0.25) is 0 Å². The van der Waals surface area contributed by atoms with Crippen LogP contribution in [0, 0.1) is 0 Å². The van der Waals surface area contributed by atoms with Gasteiger partial charge in [0.1, 0.15) is 5.69 Å². The lowest BCUT2D eigenvalue weighted by atomic mass is 10.1. The molecule has 0 radical (unpaired) electrons. The second-order valence-corrected chi connectivity index (χ2v) is 4.41. The van der Waals surface area contributed by atoms with E-state index in [4.69, 9.17) is 0 Å². The molecule has 0 aliphatic carbocycles. The van der Waals surface area contributed by atoms with E-state index in [1.807, 2.05) is 0 Å². The van der Waals surface area contributed by atoms with Crippen molar-refractivity contribution in [3.05, 3.63) is 34.2 Å². The minimum atomic E-state index is -0.319. The topological polar surface area (TPSA) is 82.3 Å². The monoisotopic (exact) mass is 249 g/mol. The van der Waals surface area contributed by atoms with E-state index in [0.29, 0.717) is 19.4 Å². The minimum Gasteiger partial charge on any atom is -0.346 e. The van der Waals surface area contributed by atoms with Crippen molar-refractivity contribution in [1.82, 2.24) is 15.2 Å². The number of carbonyl (C=O) groups excluding carboxylic acids is 2. The highest BCUT2D eigenvalue weighted by Gasteiger charge is 2.24. The quantitative estimate of drug-likeness (QED) is 0.756. The largest absolute Gasteiger partial charge is 0.346 e. The molecule has 1 atom stereocenters. The average molecular weight is 249 g/mol. The van der Waals surface area contributed by atoms with Gasteiger partial charge in [-0.25, -0.2) is 0 Å². The summed E-state index contributed by atoms with van der Waals surface area (Å²) in [6, 6.07) is 4.37. The van der Waals surface area contributed by atoms with Crippen LogP contribution in [0.3, 0.4) is 0 Å². The van der Waals surface area contributed by atoms with Crippen LogP contribution in [0.25, 0.3) is 0 Å². The van der Waals surface area contributed by atoms with E-state index in [0.717, 1.165) is 0 Å². The molecule has 1 aliphatic rings. The molecule has 2 N–H and O–H groups in total. The van der Waals surface area contributed by atoms with Crippen LogP contribution in [-0.4, -0.2) is 41.3 Å². The number of nitrogens with zero attached hydrogens (tertiary/aromatic N) is 1. The molecule has 2 amide bonds. The molecule has 1 aromatic rings. The molecule has 0 spiro atoms. The molecule has 0 aromatic carbocycles. The summed E-state index contributed by atoms with van der Waals surface area (Å²) in [7, 11) is 1.71. The Morgan fingerprint density at radius 1 is 1.44 bits per heavy atom. The van der Waals surface area contributed by atoms with Crippen LogP contribution in [0.15, 0.2) is 23.0 Å². The first-order chi connectivity index (χ1) is 8.56. The predicted octanol–water partition coefficient (Wildman–Crippen LogP) is -0.275. The first-order valence-corrected chi connectivity index (χ1v) is 5.80.